The Morgan fingerprint density at radius 1 is 1.44 bits per heavy atom. The predicted molar refractivity (Wildman–Crippen MR) is 58.1 cm³/mol. The topological polar surface area (TPSA) is 94.5 Å². The molecule has 1 rings (SSSR count). The van der Waals surface area contributed by atoms with E-state index < -0.39 is 18.4 Å². The maximum Gasteiger partial charge on any atom is 0.508 e. The maximum absolute atomic E-state index is 11.1. The molecule has 1 aliphatic rings. The van der Waals surface area contributed by atoms with E-state index in [2.05, 4.69) is 4.74 Å². The summed E-state index contributed by atoms with van der Waals surface area (Å²) in [6, 6.07) is 0. The van der Waals surface area contributed by atoms with E-state index in [9.17, 15) is 9.59 Å². The molecule has 8 heteroatoms. The highest BCUT2D eigenvalue weighted by atomic mass is 16.7. The number of amides is 1. The minimum absolute atomic E-state index is 0.0353. The summed E-state index contributed by atoms with van der Waals surface area (Å²) in [6.07, 6.45) is -1.73. The second-order valence-electron chi connectivity index (χ2n) is 3.63. The van der Waals surface area contributed by atoms with Crippen LogP contribution in [0, 0.1) is 0 Å². The summed E-state index contributed by atoms with van der Waals surface area (Å²) in [5, 5.41) is 8.42. The average Bonchev–Trinajstić information content (AvgIpc) is 2.66. The Kier molecular flexibility index (Phi) is 6.23. The molecule has 0 aliphatic carbocycles. The van der Waals surface area contributed by atoms with Gasteiger partial charge in [-0.3, -0.25) is 0 Å². The van der Waals surface area contributed by atoms with Crippen molar-refractivity contribution in [2.45, 2.75) is 6.10 Å². The normalized spacial score (nSPS) is 18.7. The zero-order chi connectivity index (χ0) is 13.4. The Bertz CT molecular complexity index is 283. The van der Waals surface area contributed by atoms with E-state index in [1.165, 1.54) is 4.90 Å². The molecular formula is C10H17NO7. The Balaban J connectivity index is 2.02. The van der Waals surface area contributed by atoms with E-state index in [0.717, 1.165) is 0 Å². The number of hydrogen-bond donors (Lipinski definition) is 1. The number of ether oxygens (including phenoxy) is 4. The van der Waals surface area contributed by atoms with Crippen LogP contribution in [0.3, 0.4) is 0 Å². The molecule has 0 bridgehead atoms. The van der Waals surface area contributed by atoms with Crippen molar-refractivity contribution in [1.82, 2.24) is 4.90 Å². The number of cyclic esters (lactones) is 1. The van der Waals surface area contributed by atoms with Crippen LogP contribution < -0.4 is 0 Å². The van der Waals surface area contributed by atoms with Crippen LogP contribution in [0.15, 0.2) is 0 Å². The van der Waals surface area contributed by atoms with E-state index in [1.807, 2.05) is 0 Å². The van der Waals surface area contributed by atoms with Gasteiger partial charge in [-0.15, -0.1) is 0 Å². The number of rotatable bonds is 7. The van der Waals surface area contributed by atoms with Crippen LogP contribution in [-0.2, 0) is 18.9 Å². The molecule has 0 unspecified atom stereocenters. The summed E-state index contributed by atoms with van der Waals surface area (Å²) in [5.41, 5.74) is 0. The van der Waals surface area contributed by atoms with Gasteiger partial charge in [0.25, 0.3) is 0 Å². The van der Waals surface area contributed by atoms with Crippen LogP contribution in [0.5, 0.6) is 0 Å². The Morgan fingerprint density at radius 3 is 2.83 bits per heavy atom. The van der Waals surface area contributed by atoms with Crippen molar-refractivity contribution >= 4 is 12.2 Å². The monoisotopic (exact) mass is 263 g/mol. The number of aliphatic hydroxyl groups is 1. The first-order valence-electron chi connectivity index (χ1n) is 5.53. The lowest BCUT2D eigenvalue weighted by Crippen LogP contribution is -2.24. The summed E-state index contributed by atoms with van der Waals surface area (Å²) < 4.78 is 19.2. The van der Waals surface area contributed by atoms with Gasteiger partial charge in [-0.25, -0.2) is 9.59 Å². The van der Waals surface area contributed by atoms with Crippen LogP contribution >= 0.6 is 0 Å². The van der Waals surface area contributed by atoms with Crippen molar-refractivity contribution in [3.8, 4) is 0 Å². The highest BCUT2D eigenvalue weighted by molar-refractivity contribution is 5.69. The van der Waals surface area contributed by atoms with Gasteiger partial charge in [0.1, 0.15) is 13.2 Å². The fraction of sp³-hybridized carbons (Fsp3) is 0.800. The molecule has 0 spiro atoms. The van der Waals surface area contributed by atoms with Crippen molar-refractivity contribution in [3.05, 3.63) is 0 Å². The van der Waals surface area contributed by atoms with Gasteiger partial charge in [-0.2, -0.15) is 0 Å². The molecule has 1 heterocycles. The number of hydrogen-bond acceptors (Lipinski definition) is 7. The molecule has 0 aromatic heterocycles. The zero-order valence-electron chi connectivity index (χ0n) is 10.2. The van der Waals surface area contributed by atoms with Crippen LogP contribution in [0.25, 0.3) is 0 Å². The smallest absolute Gasteiger partial charge is 0.441 e. The molecule has 8 nitrogen and oxygen atoms in total. The van der Waals surface area contributed by atoms with Crippen molar-refractivity contribution in [3.63, 3.8) is 0 Å². The molecule has 1 saturated heterocycles. The molecule has 104 valence electrons. The highest BCUT2D eigenvalue weighted by Crippen LogP contribution is 2.09. The summed E-state index contributed by atoms with van der Waals surface area (Å²) in [7, 11) is 1.60. The van der Waals surface area contributed by atoms with Crippen LogP contribution in [0.1, 0.15) is 0 Å². The predicted octanol–water partition coefficient (Wildman–Crippen LogP) is -0.401. The van der Waals surface area contributed by atoms with Crippen molar-refractivity contribution in [2.24, 2.45) is 0 Å². The third-order valence-corrected chi connectivity index (χ3v) is 2.13. The lowest BCUT2D eigenvalue weighted by Gasteiger charge is -2.09. The van der Waals surface area contributed by atoms with E-state index in [0.29, 0.717) is 6.54 Å². The summed E-state index contributed by atoms with van der Waals surface area (Å²) >= 11 is 0. The zero-order valence-corrected chi connectivity index (χ0v) is 10.2. The third-order valence-electron chi connectivity index (χ3n) is 2.13. The quantitative estimate of drug-likeness (QED) is 0.493. The summed E-state index contributed by atoms with van der Waals surface area (Å²) in [5.74, 6) is 0. The number of aliphatic hydroxyl groups excluding tert-OH is 1. The van der Waals surface area contributed by atoms with Crippen LogP contribution in [0.4, 0.5) is 9.59 Å². The first kappa shape index (κ1) is 14.5. The first-order valence-corrected chi connectivity index (χ1v) is 5.53. The first-order chi connectivity index (χ1) is 8.63. The lowest BCUT2D eigenvalue weighted by atomic mass is 10.4. The van der Waals surface area contributed by atoms with Crippen molar-refractivity contribution in [1.29, 1.82) is 0 Å². The lowest BCUT2D eigenvalue weighted by molar-refractivity contribution is 0.00481. The van der Waals surface area contributed by atoms with Gasteiger partial charge in [-0.05, 0) is 0 Å². The molecule has 0 saturated carbocycles. The molecule has 1 fully saturated rings. The molecule has 1 atom stereocenters. The summed E-state index contributed by atoms with van der Waals surface area (Å²) in [4.78, 5) is 23.5. The minimum Gasteiger partial charge on any atom is -0.441 e. The molecule has 0 radical (unpaired) electrons. The van der Waals surface area contributed by atoms with E-state index in [-0.39, 0.29) is 33.0 Å². The fourth-order valence-electron chi connectivity index (χ4n) is 1.29. The van der Waals surface area contributed by atoms with Crippen LogP contribution in [0.2, 0.25) is 0 Å². The number of carbonyl (C=O) groups is 2. The van der Waals surface area contributed by atoms with E-state index in [1.54, 1.807) is 7.05 Å². The van der Waals surface area contributed by atoms with Gasteiger partial charge in [0.05, 0.1) is 26.4 Å². The average molecular weight is 263 g/mol. The van der Waals surface area contributed by atoms with E-state index in [4.69, 9.17) is 19.3 Å². The molecule has 0 aromatic rings. The Labute approximate surface area is 104 Å². The second kappa shape index (κ2) is 7.72. The Hall–Kier alpha value is -1.54. The number of nitrogens with zero attached hydrogens (tertiary/aromatic N) is 1. The molecular weight excluding hydrogens is 246 g/mol. The van der Waals surface area contributed by atoms with Gasteiger partial charge < -0.3 is 29.0 Å². The SMILES string of the molecule is CN1C[C@@H](COC(=O)OCCOCCO)OC1=O. The molecule has 1 amide bonds. The van der Waals surface area contributed by atoms with Gasteiger partial charge in [0, 0.05) is 7.05 Å². The Morgan fingerprint density at radius 2 is 2.22 bits per heavy atom. The van der Waals surface area contributed by atoms with Gasteiger partial charge >= 0.3 is 12.2 Å². The van der Waals surface area contributed by atoms with Crippen molar-refractivity contribution < 1.29 is 33.6 Å². The molecule has 1 aliphatic heterocycles. The standard InChI is InChI=1S/C10H17NO7/c1-11-6-8(18-9(11)13)7-17-10(14)16-5-4-15-3-2-12/h8,12H,2-7H2,1H3/t8-/m0/s1. The van der Waals surface area contributed by atoms with E-state index >= 15 is 0 Å². The number of likely N-dealkylation sites (N-methyl/N-ethyl adjacent to an activating group) is 1. The van der Waals surface area contributed by atoms with Crippen LogP contribution in [-0.4, -0.2) is 75.0 Å². The highest BCUT2D eigenvalue weighted by Gasteiger charge is 2.29. The second-order valence-corrected chi connectivity index (χ2v) is 3.63. The maximum atomic E-state index is 11.1. The minimum atomic E-state index is -0.840. The fourth-order valence-corrected chi connectivity index (χ4v) is 1.29. The number of carbonyl (C=O) groups excluding carboxylic acids is 2. The van der Waals surface area contributed by atoms with Gasteiger partial charge in [0.2, 0.25) is 0 Å². The molecule has 1 N–H and O–H groups in total. The molecule has 0 aromatic carbocycles. The van der Waals surface area contributed by atoms with Crippen molar-refractivity contribution in [2.75, 3.05) is 46.6 Å². The van der Waals surface area contributed by atoms with Gasteiger partial charge in [0.15, 0.2) is 6.10 Å². The third kappa shape index (κ3) is 5.19. The largest absolute Gasteiger partial charge is 0.508 e. The van der Waals surface area contributed by atoms with Gasteiger partial charge in [-0.1, -0.05) is 0 Å². The molecule has 18 heavy (non-hydrogen) atoms. The summed E-state index contributed by atoms with van der Waals surface area (Å²) in [6.45, 7) is 0.700.